The molecule has 8 nitrogen and oxygen atoms in total. The Morgan fingerprint density at radius 3 is 2.07 bits per heavy atom. The summed E-state index contributed by atoms with van der Waals surface area (Å²) in [4.78, 5) is 36.5. The highest BCUT2D eigenvalue weighted by Gasteiger charge is 2.27. The molecule has 0 aromatic heterocycles. The Morgan fingerprint density at radius 2 is 1.57 bits per heavy atom. The number of hydrogen-bond acceptors (Lipinski definition) is 7. The van der Waals surface area contributed by atoms with Crippen LogP contribution in [0.3, 0.4) is 0 Å². The molecule has 1 rings (SSSR count). The number of nitrogens with one attached hydrogen (secondary N) is 1. The molecule has 1 aromatic rings. The lowest BCUT2D eigenvalue weighted by atomic mass is 10.0. The zero-order valence-electron chi connectivity index (χ0n) is 18.9. The summed E-state index contributed by atoms with van der Waals surface area (Å²) in [5.74, 6) is -0.386. The van der Waals surface area contributed by atoms with Crippen molar-refractivity contribution >= 4 is 17.8 Å². The molecule has 168 valence electrons. The number of hydrogen-bond donors (Lipinski definition) is 1. The van der Waals surface area contributed by atoms with E-state index in [0.29, 0.717) is 11.3 Å². The van der Waals surface area contributed by atoms with E-state index in [1.165, 1.54) is 0 Å². The number of Topliss-reactive ketones (excluding diaryl/α,β-unsaturated/α-hetero) is 1. The van der Waals surface area contributed by atoms with E-state index in [0.717, 1.165) is 0 Å². The molecule has 1 N–H and O–H groups in total. The minimum atomic E-state index is -0.926. The van der Waals surface area contributed by atoms with E-state index in [2.05, 4.69) is 5.32 Å². The summed E-state index contributed by atoms with van der Waals surface area (Å²) < 4.78 is 21.1. The predicted octanol–water partition coefficient (Wildman–Crippen LogP) is 3.52. The van der Waals surface area contributed by atoms with Crippen molar-refractivity contribution in [3.8, 4) is 5.75 Å². The maximum Gasteiger partial charge on any atom is 0.408 e. The van der Waals surface area contributed by atoms with Crippen molar-refractivity contribution in [1.29, 1.82) is 0 Å². The fraction of sp³-hybridized carbons (Fsp3) is 0.591. The van der Waals surface area contributed by atoms with Crippen molar-refractivity contribution < 1.29 is 33.3 Å². The van der Waals surface area contributed by atoms with Gasteiger partial charge in [0, 0.05) is 5.56 Å². The lowest BCUT2D eigenvalue weighted by molar-refractivity contribution is -0.145. The average molecular weight is 424 g/mol. The van der Waals surface area contributed by atoms with Crippen LogP contribution >= 0.6 is 0 Å². The number of ketones is 1. The number of carbonyl (C=O) groups is 3. The Balaban J connectivity index is 2.86. The molecular weight excluding hydrogens is 390 g/mol. The van der Waals surface area contributed by atoms with Crippen LogP contribution in [0.2, 0.25) is 0 Å². The van der Waals surface area contributed by atoms with E-state index in [9.17, 15) is 14.4 Å². The highest BCUT2D eigenvalue weighted by atomic mass is 16.6. The smallest absolute Gasteiger partial charge is 0.408 e. The van der Waals surface area contributed by atoms with Crippen molar-refractivity contribution in [3.05, 3.63) is 29.8 Å². The van der Waals surface area contributed by atoms with Gasteiger partial charge >= 0.3 is 12.1 Å². The molecule has 1 unspecified atom stereocenters. The van der Waals surface area contributed by atoms with E-state index >= 15 is 0 Å². The van der Waals surface area contributed by atoms with E-state index in [4.69, 9.17) is 18.9 Å². The van der Waals surface area contributed by atoms with Crippen molar-refractivity contribution in [3.63, 3.8) is 0 Å². The molecule has 30 heavy (non-hydrogen) atoms. The second kappa shape index (κ2) is 11.0. The molecule has 0 radical (unpaired) electrons. The summed E-state index contributed by atoms with van der Waals surface area (Å²) in [6.07, 6.45) is -0.701. The van der Waals surface area contributed by atoms with Crippen LogP contribution in [0.4, 0.5) is 4.79 Å². The normalized spacial score (nSPS) is 12.6. The van der Waals surface area contributed by atoms with Crippen LogP contribution in [0.15, 0.2) is 24.3 Å². The zero-order chi connectivity index (χ0) is 22.9. The van der Waals surface area contributed by atoms with Crippen LogP contribution in [0.5, 0.6) is 5.75 Å². The second-order valence-corrected chi connectivity index (χ2v) is 8.60. The van der Waals surface area contributed by atoms with Gasteiger partial charge in [0.2, 0.25) is 0 Å². The van der Waals surface area contributed by atoms with Gasteiger partial charge in [-0.25, -0.2) is 9.59 Å². The summed E-state index contributed by atoms with van der Waals surface area (Å²) in [6, 6.07) is 5.33. The number of rotatable bonds is 9. The first-order valence-corrected chi connectivity index (χ1v) is 9.87. The molecule has 0 saturated carbocycles. The summed E-state index contributed by atoms with van der Waals surface area (Å²) in [6.45, 7) is 12.6. The van der Waals surface area contributed by atoms with Crippen LogP contribution < -0.4 is 10.1 Å². The summed E-state index contributed by atoms with van der Waals surface area (Å²) in [7, 11) is 0. The largest absolute Gasteiger partial charge is 0.482 e. The molecule has 1 aromatic carbocycles. The van der Waals surface area contributed by atoms with Gasteiger partial charge < -0.3 is 24.3 Å². The molecule has 0 spiro atoms. The van der Waals surface area contributed by atoms with Gasteiger partial charge in [0.25, 0.3) is 0 Å². The van der Waals surface area contributed by atoms with Crippen molar-refractivity contribution in [2.45, 2.75) is 65.7 Å². The number of benzene rings is 1. The predicted molar refractivity (Wildman–Crippen MR) is 112 cm³/mol. The fourth-order valence-electron chi connectivity index (χ4n) is 2.23. The number of ether oxygens (including phenoxy) is 4. The van der Waals surface area contributed by atoms with Crippen molar-refractivity contribution in [1.82, 2.24) is 5.32 Å². The van der Waals surface area contributed by atoms with Gasteiger partial charge in [0.15, 0.2) is 12.4 Å². The quantitative estimate of drug-likeness (QED) is 0.479. The highest BCUT2D eigenvalue weighted by Crippen LogP contribution is 2.16. The Hall–Kier alpha value is -2.61. The first-order valence-electron chi connectivity index (χ1n) is 9.87. The van der Waals surface area contributed by atoms with Crippen molar-refractivity contribution in [2.75, 3.05) is 19.8 Å². The molecule has 0 aliphatic rings. The van der Waals surface area contributed by atoms with E-state index in [1.807, 2.05) is 20.8 Å². The molecule has 0 aliphatic carbocycles. The third-order valence-electron chi connectivity index (χ3n) is 3.49. The minimum Gasteiger partial charge on any atom is -0.482 e. The number of amides is 1. The average Bonchev–Trinajstić information content (AvgIpc) is 2.61. The lowest BCUT2D eigenvalue weighted by Gasteiger charge is -2.26. The van der Waals surface area contributed by atoms with Gasteiger partial charge in [0.05, 0.1) is 18.8 Å². The fourth-order valence-corrected chi connectivity index (χ4v) is 2.23. The van der Waals surface area contributed by atoms with Gasteiger partial charge in [-0.1, -0.05) is 0 Å². The van der Waals surface area contributed by atoms with Crippen LogP contribution in [0.25, 0.3) is 0 Å². The van der Waals surface area contributed by atoms with Gasteiger partial charge in [-0.2, -0.15) is 0 Å². The van der Waals surface area contributed by atoms with E-state index in [-0.39, 0.29) is 25.6 Å². The molecule has 0 bridgehead atoms. The molecule has 0 saturated heterocycles. The van der Waals surface area contributed by atoms with Crippen molar-refractivity contribution in [2.24, 2.45) is 0 Å². The minimum absolute atomic E-state index is 0.0112. The van der Waals surface area contributed by atoms with Crippen LogP contribution in [-0.2, 0) is 19.0 Å². The Morgan fingerprint density at radius 1 is 0.967 bits per heavy atom. The number of carbonyl (C=O) groups excluding carboxylic acids is 3. The summed E-state index contributed by atoms with van der Waals surface area (Å²) in [5.41, 5.74) is -0.823. The Labute approximate surface area is 178 Å². The zero-order valence-corrected chi connectivity index (χ0v) is 18.9. The SMILES string of the molecule is CCOC(=O)COc1ccc(C(=O)C(COC(C)(C)C)NC(=O)OC(C)(C)C)cc1. The lowest BCUT2D eigenvalue weighted by Crippen LogP contribution is -2.47. The topological polar surface area (TPSA) is 100 Å². The van der Waals surface area contributed by atoms with Gasteiger partial charge in [-0.3, -0.25) is 4.79 Å². The third kappa shape index (κ3) is 10.2. The van der Waals surface area contributed by atoms with Crippen LogP contribution in [0, 0.1) is 0 Å². The maximum atomic E-state index is 13.0. The van der Waals surface area contributed by atoms with E-state index < -0.39 is 29.3 Å². The van der Waals surface area contributed by atoms with E-state index in [1.54, 1.807) is 52.0 Å². The molecule has 0 heterocycles. The van der Waals surface area contributed by atoms with Gasteiger partial charge in [-0.15, -0.1) is 0 Å². The Bertz CT molecular complexity index is 714. The second-order valence-electron chi connectivity index (χ2n) is 8.60. The van der Waals surface area contributed by atoms with Crippen LogP contribution in [0.1, 0.15) is 58.8 Å². The molecule has 0 aliphatic heterocycles. The molecule has 1 amide bonds. The molecule has 1 atom stereocenters. The van der Waals surface area contributed by atoms with Crippen LogP contribution in [-0.4, -0.2) is 54.9 Å². The number of esters is 1. The monoisotopic (exact) mass is 423 g/mol. The maximum absolute atomic E-state index is 13.0. The third-order valence-corrected chi connectivity index (χ3v) is 3.49. The first kappa shape index (κ1) is 25.4. The number of alkyl carbamates (subject to hydrolysis) is 1. The Kier molecular flexibility index (Phi) is 9.29. The standard InChI is InChI=1S/C22H33NO7/c1-8-27-18(24)14-28-16-11-9-15(10-12-16)19(25)17(13-29-21(2,3)4)23-20(26)30-22(5,6)7/h9-12,17H,8,13-14H2,1-7H3,(H,23,26). The molecule has 0 fully saturated rings. The molecule has 8 heteroatoms. The summed E-state index contributed by atoms with van der Waals surface area (Å²) in [5, 5.41) is 2.59. The first-order chi connectivity index (χ1) is 13.8. The molecular formula is C22H33NO7. The van der Waals surface area contributed by atoms with Gasteiger partial charge in [-0.05, 0) is 72.7 Å². The highest BCUT2D eigenvalue weighted by molar-refractivity contribution is 6.01. The summed E-state index contributed by atoms with van der Waals surface area (Å²) >= 11 is 0. The van der Waals surface area contributed by atoms with Gasteiger partial charge in [0.1, 0.15) is 17.4 Å².